The Kier molecular flexibility index (Phi) is 4.96. The smallest absolute Gasteiger partial charge is 0.158 e. The van der Waals surface area contributed by atoms with Crippen molar-refractivity contribution < 1.29 is 4.74 Å². The van der Waals surface area contributed by atoms with E-state index in [1.54, 1.807) is 7.11 Å². The number of rotatable bonds is 8. The van der Waals surface area contributed by atoms with Gasteiger partial charge < -0.3 is 15.0 Å². The molecule has 0 aliphatic heterocycles. The van der Waals surface area contributed by atoms with E-state index >= 15 is 0 Å². The van der Waals surface area contributed by atoms with Gasteiger partial charge in [0.05, 0.1) is 0 Å². The molecule has 0 radical (unpaired) electrons. The van der Waals surface area contributed by atoms with Crippen molar-refractivity contribution in [2.75, 3.05) is 37.5 Å². The maximum absolute atomic E-state index is 5.14. The molecule has 1 aliphatic rings. The molecular weight excluding hydrogens is 240 g/mol. The number of nitrogens with zero attached hydrogens (tertiary/aromatic N) is 3. The lowest BCUT2D eigenvalue weighted by Crippen LogP contribution is -2.22. The van der Waals surface area contributed by atoms with E-state index in [0.29, 0.717) is 6.61 Å². The molecule has 2 rings (SSSR count). The van der Waals surface area contributed by atoms with Gasteiger partial charge in [-0.3, -0.25) is 0 Å². The first-order valence-electron chi connectivity index (χ1n) is 7.04. The van der Waals surface area contributed by atoms with E-state index < -0.39 is 0 Å². The Balaban J connectivity index is 2.11. The van der Waals surface area contributed by atoms with Gasteiger partial charge in [0.2, 0.25) is 0 Å². The van der Waals surface area contributed by atoms with E-state index in [1.165, 1.54) is 12.8 Å². The normalized spacial score (nSPS) is 14.5. The SMILES string of the molecule is CCCNc1cc(N(C)CC2CC2)nc(COC)n1. The third-order valence-electron chi connectivity index (χ3n) is 3.21. The first-order valence-corrected chi connectivity index (χ1v) is 7.04. The van der Waals surface area contributed by atoms with Crippen LogP contribution in [0.3, 0.4) is 0 Å². The molecule has 5 heteroatoms. The molecule has 1 aromatic heterocycles. The fourth-order valence-corrected chi connectivity index (χ4v) is 2.00. The summed E-state index contributed by atoms with van der Waals surface area (Å²) in [4.78, 5) is 11.2. The Morgan fingerprint density at radius 1 is 1.42 bits per heavy atom. The third-order valence-corrected chi connectivity index (χ3v) is 3.21. The molecule has 1 heterocycles. The number of methoxy groups -OCH3 is 1. The summed E-state index contributed by atoms with van der Waals surface area (Å²) in [6.45, 7) is 4.60. The van der Waals surface area contributed by atoms with Crippen LogP contribution in [0.2, 0.25) is 0 Å². The molecule has 1 aliphatic carbocycles. The van der Waals surface area contributed by atoms with E-state index in [9.17, 15) is 0 Å². The summed E-state index contributed by atoms with van der Waals surface area (Å²) in [5.41, 5.74) is 0. The Labute approximate surface area is 115 Å². The number of aromatic nitrogens is 2. The van der Waals surface area contributed by atoms with E-state index in [2.05, 4.69) is 34.2 Å². The summed E-state index contributed by atoms with van der Waals surface area (Å²) in [6.07, 6.45) is 3.78. The van der Waals surface area contributed by atoms with Crippen molar-refractivity contribution in [2.24, 2.45) is 5.92 Å². The molecule has 0 aromatic carbocycles. The second-order valence-corrected chi connectivity index (χ2v) is 5.21. The molecule has 0 atom stereocenters. The molecule has 1 fully saturated rings. The molecule has 1 aromatic rings. The van der Waals surface area contributed by atoms with Crippen LogP contribution >= 0.6 is 0 Å². The van der Waals surface area contributed by atoms with E-state index in [1.807, 2.05) is 6.07 Å². The molecule has 106 valence electrons. The predicted octanol–water partition coefficient (Wildman–Crippen LogP) is 2.29. The number of hydrogen-bond acceptors (Lipinski definition) is 5. The number of hydrogen-bond donors (Lipinski definition) is 1. The van der Waals surface area contributed by atoms with Crippen LogP contribution in [-0.2, 0) is 11.3 Å². The maximum Gasteiger partial charge on any atom is 0.158 e. The molecule has 0 unspecified atom stereocenters. The molecule has 1 N–H and O–H groups in total. The highest BCUT2D eigenvalue weighted by atomic mass is 16.5. The topological polar surface area (TPSA) is 50.3 Å². The lowest BCUT2D eigenvalue weighted by atomic mass is 10.3. The standard InChI is InChI=1S/C14H24N4O/c1-4-7-15-12-8-14(17-13(16-12)10-19-3)18(2)9-11-5-6-11/h8,11H,4-7,9-10H2,1-3H3,(H,15,16,17). The van der Waals surface area contributed by atoms with Gasteiger partial charge in [0.25, 0.3) is 0 Å². The van der Waals surface area contributed by atoms with Gasteiger partial charge in [-0.05, 0) is 25.2 Å². The van der Waals surface area contributed by atoms with Crippen LogP contribution in [0.25, 0.3) is 0 Å². The number of ether oxygens (including phenoxy) is 1. The number of nitrogens with one attached hydrogen (secondary N) is 1. The summed E-state index contributed by atoms with van der Waals surface area (Å²) in [6, 6.07) is 2.02. The van der Waals surface area contributed by atoms with Gasteiger partial charge in [-0.15, -0.1) is 0 Å². The van der Waals surface area contributed by atoms with Crippen LogP contribution in [0.4, 0.5) is 11.6 Å². The zero-order valence-electron chi connectivity index (χ0n) is 12.1. The van der Waals surface area contributed by atoms with Gasteiger partial charge in [-0.25, -0.2) is 9.97 Å². The van der Waals surface area contributed by atoms with Crippen molar-refractivity contribution in [3.05, 3.63) is 11.9 Å². The summed E-state index contributed by atoms with van der Waals surface area (Å²) in [5, 5.41) is 3.32. The highest BCUT2D eigenvalue weighted by molar-refractivity contribution is 5.49. The van der Waals surface area contributed by atoms with Crippen LogP contribution in [0.15, 0.2) is 6.07 Å². The van der Waals surface area contributed by atoms with Gasteiger partial charge in [0, 0.05) is 33.3 Å². The largest absolute Gasteiger partial charge is 0.377 e. The van der Waals surface area contributed by atoms with Crippen LogP contribution < -0.4 is 10.2 Å². The molecule has 0 bridgehead atoms. The van der Waals surface area contributed by atoms with Gasteiger partial charge >= 0.3 is 0 Å². The summed E-state index contributed by atoms with van der Waals surface area (Å²) < 4.78 is 5.14. The molecule has 1 saturated carbocycles. The highest BCUT2D eigenvalue weighted by Gasteiger charge is 2.23. The fraction of sp³-hybridized carbons (Fsp3) is 0.714. The molecule has 0 spiro atoms. The van der Waals surface area contributed by atoms with Crippen molar-refractivity contribution in [3.63, 3.8) is 0 Å². The average molecular weight is 264 g/mol. The summed E-state index contributed by atoms with van der Waals surface area (Å²) in [7, 11) is 3.77. The van der Waals surface area contributed by atoms with Crippen LogP contribution in [0.1, 0.15) is 32.0 Å². The second-order valence-electron chi connectivity index (χ2n) is 5.21. The lowest BCUT2D eigenvalue weighted by Gasteiger charge is -2.19. The first kappa shape index (κ1) is 14.1. The zero-order valence-corrected chi connectivity index (χ0v) is 12.1. The van der Waals surface area contributed by atoms with E-state index in [4.69, 9.17) is 4.74 Å². The fourth-order valence-electron chi connectivity index (χ4n) is 2.00. The first-order chi connectivity index (χ1) is 9.22. The van der Waals surface area contributed by atoms with Gasteiger partial charge in [-0.1, -0.05) is 6.92 Å². The minimum atomic E-state index is 0.450. The second kappa shape index (κ2) is 6.70. The average Bonchev–Trinajstić information content (AvgIpc) is 3.20. The highest BCUT2D eigenvalue weighted by Crippen LogP contribution is 2.30. The van der Waals surface area contributed by atoms with Crippen molar-refractivity contribution in [1.29, 1.82) is 0 Å². The van der Waals surface area contributed by atoms with Crippen molar-refractivity contribution in [1.82, 2.24) is 9.97 Å². The Morgan fingerprint density at radius 3 is 2.84 bits per heavy atom. The van der Waals surface area contributed by atoms with Crippen molar-refractivity contribution in [2.45, 2.75) is 32.8 Å². The Morgan fingerprint density at radius 2 is 2.21 bits per heavy atom. The summed E-state index contributed by atoms with van der Waals surface area (Å²) >= 11 is 0. The quantitative estimate of drug-likeness (QED) is 0.780. The number of anilines is 2. The molecule has 0 amide bonds. The van der Waals surface area contributed by atoms with Crippen LogP contribution in [0, 0.1) is 5.92 Å². The van der Waals surface area contributed by atoms with Gasteiger partial charge in [0.1, 0.15) is 18.2 Å². The van der Waals surface area contributed by atoms with E-state index in [-0.39, 0.29) is 0 Å². The molecule has 19 heavy (non-hydrogen) atoms. The van der Waals surface area contributed by atoms with Crippen LogP contribution in [0.5, 0.6) is 0 Å². The Hall–Kier alpha value is -1.36. The van der Waals surface area contributed by atoms with E-state index in [0.717, 1.165) is 42.9 Å². The monoisotopic (exact) mass is 264 g/mol. The van der Waals surface area contributed by atoms with Crippen LogP contribution in [-0.4, -0.2) is 37.2 Å². The van der Waals surface area contributed by atoms with Crippen molar-refractivity contribution >= 4 is 11.6 Å². The third kappa shape index (κ3) is 4.35. The maximum atomic E-state index is 5.14. The zero-order chi connectivity index (χ0) is 13.7. The van der Waals surface area contributed by atoms with Gasteiger partial charge in [-0.2, -0.15) is 0 Å². The minimum absolute atomic E-state index is 0.450. The molecule has 0 saturated heterocycles. The minimum Gasteiger partial charge on any atom is -0.377 e. The van der Waals surface area contributed by atoms with Gasteiger partial charge in [0.15, 0.2) is 5.82 Å². The van der Waals surface area contributed by atoms with Crippen molar-refractivity contribution in [3.8, 4) is 0 Å². The summed E-state index contributed by atoms with van der Waals surface area (Å²) in [5.74, 6) is 3.45. The molecule has 5 nitrogen and oxygen atoms in total. The Bertz CT molecular complexity index is 406. The lowest BCUT2D eigenvalue weighted by molar-refractivity contribution is 0.178. The molecular formula is C14H24N4O. The predicted molar refractivity (Wildman–Crippen MR) is 77.5 cm³/mol.